The fourth-order valence-corrected chi connectivity index (χ4v) is 2.43. The molecule has 0 aromatic heterocycles. The molecular weight excluding hydrogens is 355 g/mol. The van der Waals surface area contributed by atoms with Gasteiger partial charge in [-0.2, -0.15) is 0 Å². The number of rotatable bonds is 15. The van der Waals surface area contributed by atoms with Crippen molar-refractivity contribution >= 4 is 25.4 Å². The molecule has 0 bridgehead atoms. The van der Waals surface area contributed by atoms with Gasteiger partial charge < -0.3 is 24.0 Å². The van der Waals surface area contributed by atoms with E-state index in [0.717, 1.165) is 0 Å². The van der Waals surface area contributed by atoms with Gasteiger partial charge in [-0.1, -0.05) is 0 Å². The van der Waals surface area contributed by atoms with Crippen LogP contribution in [0.1, 0.15) is 46.5 Å². The van der Waals surface area contributed by atoms with E-state index in [2.05, 4.69) is 0 Å². The lowest BCUT2D eigenvalue weighted by molar-refractivity contribution is -0.146. The second kappa shape index (κ2) is 13.1. The maximum absolute atomic E-state index is 11.7. The highest BCUT2D eigenvalue weighted by atomic mass is 31.2. The lowest BCUT2D eigenvalue weighted by Gasteiger charge is -2.19. The number of hydrogen-bond donors (Lipinski definition) is 1. The molecule has 1 unspecified atom stereocenters. The van der Waals surface area contributed by atoms with Crippen molar-refractivity contribution in [2.24, 2.45) is 0 Å². The zero-order chi connectivity index (χ0) is 19.3. The lowest BCUT2D eigenvalue weighted by atomic mass is 10.2. The minimum Gasteiger partial charge on any atom is -0.463 e. The largest absolute Gasteiger partial charge is 0.472 e. The summed E-state index contributed by atoms with van der Waals surface area (Å²) in [7, 11) is -4.29. The smallest absolute Gasteiger partial charge is 0.463 e. The summed E-state index contributed by atoms with van der Waals surface area (Å²) >= 11 is 0. The Balaban J connectivity index is 4.26. The normalized spacial score (nSPS) is 14.6. The van der Waals surface area contributed by atoms with Gasteiger partial charge in [-0.3, -0.25) is 13.8 Å². The molecule has 0 amide bonds. The van der Waals surface area contributed by atoms with Gasteiger partial charge in [-0.05, 0) is 26.7 Å². The number of phosphoric acid groups is 1. The SMILES string of the molecule is CC(=O)CCCO[C@H](COC(C)=O)COP(=O)(O)OCCCC(C)=O. The van der Waals surface area contributed by atoms with Crippen molar-refractivity contribution in [1.82, 2.24) is 0 Å². The van der Waals surface area contributed by atoms with E-state index in [9.17, 15) is 23.8 Å². The number of hydrogen-bond acceptors (Lipinski definition) is 8. The Hall–Kier alpha value is -1.12. The molecule has 0 spiro atoms. The van der Waals surface area contributed by atoms with Crippen LogP contribution in [0.4, 0.5) is 0 Å². The van der Waals surface area contributed by atoms with Gasteiger partial charge in [0, 0.05) is 26.4 Å². The fourth-order valence-electron chi connectivity index (χ4n) is 1.64. The van der Waals surface area contributed by atoms with Gasteiger partial charge in [0.15, 0.2) is 0 Å². The van der Waals surface area contributed by atoms with E-state index in [-0.39, 0.29) is 44.4 Å². The molecule has 0 aromatic rings. The first-order valence-electron chi connectivity index (χ1n) is 7.98. The Bertz CT molecular complexity index is 478. The second-order valence-corrected chi connectivity index (χ2v) is 6.96. The molecule has 9 nitrogen and oxygen atoms in total. The topological polar surface area (TPSA) is 125 Å². The molecule has 0 saturated carbocycles. The Morgan fingerprint density at radius 2 is 1.48 bits per heavy atom. The maximum atomic E-state index is 11.7. The molecule has 0 fully saturated rings. The minimum atomic E-state index is -4.29. The Kier molecular flexibility index (Phi) is 12.5. The maximum Gasteiger partial charge on any atom is 0.472 e. The van der Waals surface area contributed by atoms with Crippen molar-refractivity contribution < 1.29 is 42.4 Å². The van der Waals surface area contributed by atoms with Crippen LogP contribution in [0.25, 0.3) is 0 Å². The van der Waals surface area contributed by atoms with E-state index in [1.165, 1.54) is 20.8 Å². The molecular formula is C15H27O9P. The molecule has 1 N–H and O–H groups in total. The Morgan fingerprint density at radius 3 is 2.00 bits per heavy atom. The van der Waals surface area contributed by atoms with Crippen LogP contribution in [0, 0.1) is 0 Å². The van der Waals surface area contributed by atoms with Crippen molar-refractivity contribution in [2.45, 2.75) is 52.6 Å². The van der Waals surface area contributed by atoms with E-state index < -0.39 is 19.9 Å². The first-order chi connectivity index (χ1) is 11.6. The highest BCUT2D eigenvalue weighted by molar-refractivity contribution is 7.47. The summed E-state index contributed by atoms with van der Waals surface area (Å²) in [6.45, 7) is 3.74. The molecule has 0 heterocycles. The van der Waals surface area contributed by atoms with Gasteiger partial charge in [-0.15, -0.1) is 0 Å². The monoisotopic (exact) mass is 382 g/mol. The number of Topliss-reactive ketones (excluding diaryl/α,β-unsaturated/α-hetero) is 2. The summed E-state index contributed by atoms with van der Waals surface area (Å²) in [5.74, 6) is -0.544. The van der Waals surface area contributed by atoms with Gasteiger partial charge in [0.05, 0.1) is 13.2 Å². The molecule has 10 heteroatoms. The molecule has 0 radical (unpaired) electrons. The zero-order valence-electron chi connectivity index (χ0n) is 14.9. The average Bonchev–Trinajstić information content (AvgIpc) is 2.49. The standard InChI is InChI=1S/C15H27O9P/c1-12(16)6-4-8-21-15(10-22-14(3)18)11-24-25(19,20)23-9-5-7-13(2)17/h15H,4-11H2,1-3H3,(H,19,20)/t15-/m1/s1. The zero-order valence-corrected chi connectivity index (χ0v) is 15.8. The van der Waals surface area contributed by atoms with Gasteiger partial charge >= 0.3 is 13.8 Å². The van der Waals surface area contributed by atoms with Crippen LogP contribution in [-0.4, -0.2) is 55.0 Å². The Labute approximate surface area is 147 Å². The van der Waals surface area contributed by atoms with Crippen LogP contribution in [-0.2, 0) is 37.5 Å². The van der Waals surface area contributed by atoms with Crippen LogP contribution in [0.3, 0.4) is 0 Å². The van der Waals surface area contributed by atoms with E-state index in [0.29, 0.717) is 19.3 Å². The summed E-state index contributed by atoms with van der Waals surface area (Å²) in [4.78, 5) is 42.1. The van der Waals surface area contributed by atoms with E-state index in [1.54, 1.807) is 0 Å². The van der Waals surface area contributed by atoms with Gasteiger partial charge in [0.1, 0.15) is 24.3 Å². The number of ketones is 2. The van der Waals surface area contributed by atoms with Crippen molar-refractivity contribution in [2.75, 3.05) is 26.4 Å². The van der Waals surface area contributed by atoms with Crippen LogP contribution < -0.4 is 0 Å². The highest BCUT2D eigenvalue weighted by Crippen LogP contribution is 2.43. The quantitative estimate of drug-likeness (QED) is 0.256. The van der Waals surface area contributed by atoms with Gasteiger partial charge in [-0.25, -0.2) is 4.57 Å². The number of phosphoric ester groups is 1. The minimum absolute atomic E-state index is 0.0233. The molecule has 2 atom stereocenters. The molecule has 0 aliphatic heterocycles. The van der Waals surface area contributed by atoms with E-state index in [4.69, 9.17) is 18.5 Å². The van der Waals surface area contributed by atoms with Crippen molar-refractivity contribution in [3.63, 3.8) is 0 Å². The summed E-state index contributed by atoms with van der Waals surface area (Å²) < 4.78 is 31.5. The van der Waals surface area contributed by atoms with Crippen LogP contribution in [0.15, 0.2) is 0 Å². The number of esters is 1. The third-order valence-electron chi connectivity index (χ3n) is 2.85. The van der Waals surface area contributed by atoms with Crippen LogP contribution >= 0.6 is 7.82 Å². The summed E-state index contributed by atoms with van der Waals surface area (Å²) in [6.07, 6.45) is 0.608. The van der Waals surface area contributed by atoms with Gasteiger partial charge in [0.25, 0.3) is 0 Å². The molecule has 25 heavy (non-hydrogen) atoms. The predicted octanol–water partition coefficient (Wildman–Crippen LogP) is 1.81. The predicted molar refractivity (Wildman–Crippen MR) is 87.9 cm³/mol. The average molecular weight is 382 g/mol. The molecule has 0 aliphatic rings. The number of carbonyl (C=O) groups excluding carboxylic acids is 3. The van der Waals surface area contributed by atoms with Crippen LogP contribution in [0.2, 0.25) is 0 Å². The molecule has 146 valence electrons. The summed E-state index contributed by atoms with van der Waals surface area (Å²) in [5.41, 5.74) is 0. The number of carbonyl (C=O) groups is 3. The van der Waals surface area contributed by atoms with E-state index in [1.807, 2.05) is 0 Å². The molecule has 0 rings (SSSR count). The third kappa shape index (κ3) is 16.1. The Morgan fingerprint density at radius 1 is 0.920 bits per heavy atom. The van der Waals surface area contributed by atoms with Crippen molar-refractivity contribution in [1.29, 1.82) is 0 Å². The third-order valence-corrected chi connectivity index (χ3v) is 3.83. The summed E-state index contributed by atoms with van der Waals surface area (Å²) in [6, 6.07) is 0. The fraction of sp³-hybridized carbons (Fsp3) is 0.800. The first kappa shape index (κ1) is 23.9. The first-order valence-corrected chi connectivity index (χ1v) is 9.47. The van der Waals surface area contributed by atoms with Crippen LogP contribution in [0.5, 0.6) is 0 Å². The molecule has 0 aromatic carbocycles. The highest BCUT2D eigenvalue weighted by Gasteiger charge is 2.24. The molecule has 0 aliphatic carbocycles. The van der Waals surface area contributed by atoms with Crippen molar-refractivity contribution in [3.8, 4) is 0 Å². The second-order valence-electron chi connectivity index (χ2n) is 5.50. The van der Waals surface area contributed by atoms with Gasteiger partial charge in [0.2, 0.25) is 0 Å². The molecule has 0 saturated heterocycles. The lowest BCUT2D eigenvalue weighted by Crippen LogP contribution is -2.27. The number of ether oxygens (including phenoxy) is 2. The van der Waals surface area contributed by atoms with Crippen molar-refractivity contribution in [3.05, 3.63) is 0 Å². The summed E-state index contributed by atoms with van der Waals surface area (Å²) in [5, 5.41) is 0. The van der Waals surface area contributed by atoms with E-state index >= 15 is 0 Å².